The Morgan fingerprint density at radius 3 is 2.93 bits per heavy atom. The molecular weight excluding hydrogens is 210 g/mol. The highest BCUT2D eigenvalue weighted by molar-refractivity contribution is 8.13. The van der Waals surface area contributed by atoms with Crippen molar-refractivity contribution in [1.29, 1.82) is 0 Å². The molecular formula is C11H15NO2S. The molecule has 0 bridgehead atoms. The minimum Gasteiger partial charge on any atom is -0.488 e. The van der Waals surface area contributed by atoms with E-state index in [1.54, 1.807) is 12.3 Å². The van der Waals surface area contributed by atoms with E-state index in [1.807, 2.05) is 26.8 Å². The number of rotatable bonds is 4. The van der Waals surface area contributed by atoms with Crippen LogP contribution in [0.4, 0.5) is 0 Å². The van der Waals surface area contributed by atoms with Crippen molar-refractivity contribution < 1.29 is 9.53 Å². The van der Waals surface area contributed by atoms with Crippen LogP contribution in [0.1, 0.15) is 27.2 Å². The van der Waals surface area contributed by atoms with Gasteiger partial charge in [-0.25, -0.2) is 4.98 Å². The zero-order valence-corrected chi connectivity index (χ0v) is 10.0. The van der Waals surface area contributed by atoms with Crippen LogP contribution in [-0.2, 0) is 4.79 Å². The minimum absolute atomic E-state index is 0.0882. The average molecular weight is 225 g/mol. The SMILES string of the molecule is CCC(=O)Sc1ncccc1OC(C)C. The second kappa shape index (κ2) is 5.75. The number of carbonyl (C=O) groups excluding carboxylic acids is 1. The fourth-order valence-corrected chi connectivity index (χ4v) is 1.67. The van der Waals surface area contributed by atoms with Crippen LogP contribution in [0.5, 0.6) is 5.75 Å². The predicted molar refractivity (Wildman–Crippen MR) is 61.2 cm³/mol. The second-order valence-electron chi connectivity index (χ2n) is 3.30. The van der Waals surface area contributed by atoms with E-state index in [0.717, 1.165) is 11.8 Å². The van der Waals surface area contributed by atoms with Crippen LogP contribution in [0.2, 0.25) is 0 Å². The van der Waals surface area contributed by atoms with Gasteiger partial charge in [-0.2, -0.15) is 0 Å². The number of thioether (sulfide) groups is 1. The molecule has 0 unspecified atom stereocenters. The lowest BCUT2D eigenvalue weighted by atomic mass is 10.4. The summed E-state index contributed by atoms with van der Waals surface area (Å²) >= 11 is 1.14. The lowest BCUT2D eigenvalue weighted by molar-refractivity contribution is -0.110. The Morgan fingerprint density at radius 1 is 1.60 bits per heavy atom. The molecule has 4 heteroatoms. The monoisotopic (exact) mass is 225 g/mol. The molecule has 0 saturated heterocycles. The summed E-state index contributed by atoms with van der Waals surface area (Å²) in [5.41, 5.74) is 0. The number of pyridine rings is 1. The Balaban J connectivity index is 2.81. The summed E-state index contributed by atoms with van der Waals surface area (Å²) in [5.74, 6) is 0.680. The van der Waals surface area contributed by atoms with Crippen LogP contribution >= 0.6 is 11.8 Å². The molecule has 0 amide bonds. The third-order valence-corrected chi connectivity index (χ3v) is 2.61. The normalized spacial score (nSPS) is 10.4. The summed E-state index contributed by atoms with van der Waals surface area (Å²) in [4.78, 5) is 15.4. The number of carbonyl (C=O) groups is 1. The smallest absolute Gasteiger partial charge is 0.195 e. The van der Waals surface area contributed by atoms with E-state index in [-0.39, 0.29) is 11.2 Å². The Morgan fingerprint density at radius 2 is 2.33 bits per heavy atom. The van der Waals surface area contributed by atoms with Crippen molar-refractivity contribution in [2.45, 2.75) is 38.3 Å². The van der Waals surface area contributed by atoms with Crippen molar-refractivity contribution in [3.63, 3.8) is 0 Å². The Bertz CT molecular complexity index is 339. The molecule has 0 aliphatic rings. The van der Waals surface area contributed by atoms with E-state index >= 15 is 0 Å². The van der Waals surface area contributed by atoms with E-state index in [4.69, 9.17) is 4.74 Å². The molecule has 3 nitrogen and oxygen atoms in total. The number of ether oxygens (including phenoxy) is 1. The highest BCUT2D eigenvalue weighted by Crippen LogP contribution is 2.28. The molecule has 15 heavy (non-hydrogen) atoms. The maximum Gasteiger partial charge on any atom is 0.195 e. The van der Waals surface area contributed by atoms with E-state index in [9.17, 15) is 4.79 Å². The summed E-state index contributed by atoms with van der Waals surface area (Å²) in [5, 5.41) is 0.750. The standard InChI is InChI=1S/C11H15NO2S/c1-4-10(13)15-11-9(14-8(2)3)6-5-7-12-11/h5-8H,4H2,1-3H3. The van der Waals surface area contributed by atoms with E-state index in [0.29, 0.717) is 17.2 Å². The van der Waals surface area contributed by atoms with Crippen molar-refractivity contribution in [3.05, 3.63) is 18.3 Å². The molecule has 0 aliphatic carbocycles. The van der Waals surface area contributed by atoms with Gasteiger partial charge >= 0.3 is 0 Å². The van der Waals surface area contributed by atoms with E-state index in [1.165, 1.54) is 0 Å². The molecule has 0 atom stereocenters. The predicted octanol–water partition coefficient (Wildman–Crippen LogP) is 2.90. The lowest BCUT2D eigenvalue weighted by Crippen LogP contribution is -2.07. The number of aromatic nitrogens is 1. The van der Waals surface area contributed by atoms with Gasteiger partial charge in [0.2, 0.25) is 0 Å². The summed E-state index contributed by atoms with van der Waals surface area (Å²) in [6, 6.07) is 3.64. The van der Waals surface area contributed by atoms with Gasteiger partial charge in [-0.3, -0.25) is 4.79 Å². The summed E-state index contributed by atoms with van der Waals surface area (Å²) in [7, 11) is 0. The topological polar surface area (TPSA) is 39.2 Å². The molecule has 0 saturated carbocycles. The fourth-order valence-electron chi connectivity index (χ4n) is 0.976. The molecule has 0 N–H and O–H groups in total. The third-order valence-electron chi connectivity index (χ3n) is 1.60. The summed E-state index contributed by atoms with van der Waals surface area (Å²) < 4.78 is 5.56. The first-order chi connectivity index (χ1) is 7.13. The highest BCUT2D eigenvalue weighted by atomic mass is 32.2. The second-order valence-corrected chi connectivity index (χ2v) is 4.35. The maximum absolute atomic E-state index is 11.3. The molecule has 82 valence electrons. The average Bonchev–Trinajstić information content (AvgIpc) is 2.20. The van der Waals surface area contributed by atoms with Crippen LogP contribution < -0.4 is 4.74 Å². The lowest BCUT2D eigenvalue weighted by Gasteiger charge is -2.11. The molecule has 1 aromatic heterocycles. The molecule has 0 spiro atoms. The van der Waals surface area contributed by atoms with Crippen LogP contribution in [-0.4, -0.2) is 16.2 Å². The zero-order chi connectivity index (χ0) is 11.3. The first kappa shape index (κ1) is 12.0. The van der Waals surface area contributed by atoms with Crippen LogP contribution in [0.15, 0.2) is 23.4 Å². The summed E-state index contributed by atoms with van der Waals surface area (Å²) in [6.07, 6.45) is 2.26. The number of hydrogen-bond acceptors (Lipinski definition) is 4. The largest absolute Gasteiger partial charge is 0.488 e. The van der Waals surface area contributed by atoms with Gasteiger partial charge in [0.15, 0.2) is 10.9 Å². The van der Waals surface area contributed by atoms with Gasteiger partial charge in [0.1, 0.15) is 5.03 Å². The van der Waals surface area contributed by atoms with Gasteiger partial charge in [0.05, 0.1) is 6.10 Å². The molecule has 1 aromatic rings. The molecule has 0 radical (unpaired) electrons. The van der Waals surface area contributed by atoms with Gasteiger partial charge in [-0.05, 0) is 37.7 Å². The fraction of sp³-hybridized carbons (Fsp3) is 0.455. The zero-order valence-electron chi connectivity index (χ0n) is 9.19. The van der Waals surface area contributed by atoms with Crippen LogP contribution in [0.3, 0.4) is 0 Å². The van der Waals surface area contributed by atoms with Crippen molar-refractivity contribution in [2.75, 3.05) is 0 Å². The molecule has 1 rings (SSSR count). The Kier molecular flexibility index (Phi) is 4.62. The van der Waals surface area contributed by atoms with Crippen molar-refractivity contribution in [1.82, 2.24) is 4.98 Å². The van der Waals surface area contributed by atoms with Gasteiger partial charge in [-0.1, -0.05) is 6.92 Å². The first-order valence-corrected chi connectivity index (χ1v) is 5.77. The van der Waals surface area contributed by atoms with E-state index < -0.39 is 0 Å². The molecule has 1 heterocycles. The van der Waals surface area contributed by atoms with Crippen molar-refractivity contribution in [3.8, 4) is 5.75 Å². The maximum atomic E-state index is 11.3. The van der Waals surface area contributed by atoms with Gasteiger partial charge in [0.25, 0.3) is 0 Å². The van der Waals surface area contributed by atoms with Gasteiger partial charge < -0.3 is 4.74 Å². The first-order valence-electron chi connectivity index (χ1n) is 4.95. The van der Waals surface area contributed by atoms with Gasteiger partial charge in [0, 0.05) is 12.6 Å². The molecule has 0 aliphatic heterocycles. The van der Waals surface area contributed by atoms with Crippen LogP contribution in [0, 0.1) is 0 Å². The number of hydrogen-bond donors (Lipinski definition) is 0. The summed E-state index contributed by atoms with van der Waals surface area (Å²) in [6.45, 7) is 5.73. The number of nitrogens with zero attached hydrogens (tertiary/aromatic N) is 1. The van der Waals surface area contributed by atoms with Crippen LogP contribution in [0.25, 0.3) is 0 Å². The highest BCUT2D eigenvalue weighted by Gasteiger charge is 2.10. The van der Waals surface area contributed by atoms with Crippen molar-refractivity contribution in [2.24, 2.45) is 0 Å². The van der Waals surface area contributed by atoms with Gasteiger partial charge in [-0.15, -0.1) is 0 Å². The molecule has 0 fully saturated rings. The Hall–Kier alpha value is -1.03. The van der Waals surface area contributed by atoms with E-state index in [2.05, 4.69) is 4.98 Å². The quantitative estimate of drug-likeness (QED) is 0.739. The Labute approximate surface area is 94.2 Å². The molecule has 0 aromatic carbocycles. The third kappa shape index (κ3) is 3.91. The minimum atomic E-state index is 0.0882. The van der Waals surface area contributed by atoms with Crippen molar-refractivity contribution >= 4 is 16.9 Å².